The summed E-state index contributed by atoms with van der Waals surface area (Å²) in [7, 11) is 0. The molecule has 2 rings (SSSR count). The molecule has 1 aromatic carbocycles. The van der Waals surface area contributed by atoms with Gasteiger partial charge in [-0.15, -0.1) is 12.4 Å². The van der Waals surface area contributed by atoms with Gasteiger partial charge in [0.25, 0.3) is 0 Å². The standard InChI is InChI=1S/C11H12BrNO2.ClH/c12-9-3-1-2-7-4-5-11(13,10(14)15)6-8(7)9;/h1-3H,4-6,13H2,(H,14,15);1H. The molecule has 0 heterocycles. The zero-order chi connectivity index (χ0) is 11.1. The molecule has 0 bridgehead atoms. The summed E-state index contributed by atoms with van der Waals surface area (Å²) in [6.07, 6.45) is 1.64. The second kappa shape index (κ2) is 4.73. The summed E-state index contributed by atoms with van der Waals surface area (Å²) >= 11 is 3.43. The van der Waals surface area contributed by atoms with Gasteiger partial charge in [0.1, 0.15) is 5.54 Å². The normalized spacial score (nSPS) is 23.1. The van der Waals surface area contributed by atoms with Crippen LogP contribution in [0.2, 0.25) is 0 Å². The molecule has 0 fully saturated rings. The molecule has 0 aromatic heterocycles. The van der Waals surface area contributed by atoms with Crippen LogP contribution in [0.3, 0.4) is 0 Å². The predicted octanol–water partition coefficient (Wildman–Crippen LogP) is 2.14. The zero-order valence-electron chi connectivity index (χ0n) is 8.57. The van der Waals surface area contributed by atoms with Crippen LogP contribution in [-0.2, 0) is 17.6 Å². The Bertz CT molecular complexity index is 424. The molecule has 16 heavy (non-hydrogen) atoms. The van der Waals surface area contributed by atoms with Gasteiger partial charge in [-0.25, -0.2) is 0 Å². The van der Waals surface area contributed by atoms with Crippen molar-refractivity contribution in [1.29, 1.82) is 0 Å². The van der Waals surface area contributed by atoms with Gasteiger partial charge < -0.3 is 10.8 Å². The van der Waals surface area contributed by atoms with Crippen LogP contribution in [-0.4, -0.2) is 16.6 Å². The Labute approximate surface area is 109 Å². The fourth-order valence-electron chi connectivity index (χ4n) is 1.98. The van der Waals surface area contributed by atoms with E-state index >= 15 is 0 Å². The molecule has 1 aliphatic rings. The van der Waals surface area contributed by atoms with Gasteiger partial charge in [-0.2, -0.15) is 0 Å². The number of hydrogen-bond acceptors (Lipinski definition) is 2. The first kappa shape index (κ1) is 13.5. The topological polar surface area (TPSA) is 63.3 Å². The predicted molar refractivity (Wildman–Crippen MR) is 68.0 cm³/mol. The molecule has 0 radical (unpaired) electrons. The Hall–Kier alpha value is -0.580. The third-order valence-electron chi connectivity index (χ3n) is 2.97. The van der Waals surface area contributed by atoms with Crippen molar-refractivity contribution in [2.24, 2.45) is 5.73 Å². The average Bonchev–Trinajstić information content (AvgIpc) is 2.19. The number of aryl methyl sites for hydroxylation is 1. The van der Waals surface area contributed by atoms with Crippen LogP contribution in [0.5, 0.6) is 0 Å². The monoisotopic (exact) mass is 305 g/mol. The molecule has 88 valence electrons. The number of halogens is 2. The van der Waals surface area contributed by atoms with E-state index in [1.54, 1.807) is 0 Å². The molecule has 3 nitrogen and oxygen atoms in total. The van der Waals surface area contributed by atoms with E-state index in [4.69, 9.17) is 10.8 Å². The summed E-state index contributed by atoms with van der Waals surface area (Å²) in [5.74, 6) is -0.913. The van der Waals surface area contributed by atoms with Crippen molar-refractivity contribution in [3.63, 3.8) is 0 Å². The number of rotatable bonds is 1. The Kier molecular flexibility index (Phi) is 3.99. The van der Waals surface area contributed by atoms with Crippen LogP contribution in [0.4, 0.5) is 0 Å². The fourth-order valence-corrected chi connectivity index (χ4v) is 2.53. The number of carboxylic acids is 1. The molecule has 0 saturated carbocycles. The highest BCUT2D eigenvalue weighted by Crippen LogP contribution is 2.32. The Morgan fingerprint density at radius 1 is 1.50 bits per heavy atom. The first-order valence-electron chi connectivity index (χ1n) is 4.81. The van der Waals surface area contributed by atoms with Gasteiger partial charge in [0.15, 0.2) is 0 Å². The third-order valence-corrected chi connectivity index (χ3v) is 3.72. The zero-order valence-corrected chi connectivity index (χ0v) is 11.0. The second-order valence-corrected chi connectivity index (χ2v) is 4.87. The van der Waals surface area contributed by atoms with Crippen molar-refractivity contribution in [3.05, 3.63) is 33.8 Å². The van der Waals surface area contributed by atoms with Crippen LogP contribution in [0, 0.1) is 0 Å². The molecule has 1 unspecified atom stereocenters. The molecule has 3 N–H and O–H groups in total. The maximum Gasteiger partial charge on any atom is 0.324 e. The van der Waals surface area contributed by atoms with Crippen LogP contribution in [0.15, 0.2) is 22.7 Å². The molecular formula is C11H13BrClNO2. The number of carboxylic acid groups (broad SMARTS) is 1. The number of carbonyl (C=O) groups is 1. The van der Waals surface area contributed by atoms with E-state index in [2.05, 4.69) is 15.9 Å². The lowest BCUT2D eigenvalue weighted by Gasteiger charge is -2.31. The van der Waals surface area contributed by atoms with Crippen molar-refractivity contribution in [1.82, 2.24) is 0 Å². The lowest BCUT2D eigenvalue weighted by molar-refractivity contribution is -0.143. The van der Waals surface area contributed by atoms with Gasteiger partial charge in [-0.1, -0.05) is 28.1 Å². The van der Waals surface area contributed by atoms with E-state index in [0.29, 0.717) is 12.8 Å². The van der Waals surface area contributed by atoms with E-state index in [9.17, 15) is 4.79 Å². The van der Waals surface area contributed by atoms with Crippen molar-refractivity contribution < 1.29 is 9.90 Å². The van der Waals surface area contributed by atoms with Crippen LogP contribution in [0.25, 0.3) is 0 Å². The third kappa shape index (κ3) is 2.24. The molecule has 1 aromatic rings. The average molecular weight is 307 g/mol. The molecule has 0 aliphatic heterocycles. The maximum atomic E-state index is 11.1. The largest absolute Gasteiger partial charge is 0.480 e. The first-order chi connectivity index (χ1) is 7.03. The van der Waals surface area contributed by atoms with Gasteiger partial charge >= 0.3 is 5.97 Å². The quantitative estimate of drug-likeness (QED) is 0.835. The smallest absolute Gasteiger partial charge is 0.324 e. The van der Waals surface area contributed by atoms with E-state index in [-0.39, 0.29) is 12.4 Å². The highest BCUT2D eigenvalue weighted by atomic mass is 79.9. The lowest BCUT2D eigenvalue weighted by atomic mass is 9.79. The molecule has 0 amide bonds. The lowest BCUT2D eigenvalue weighted by Crippen LogP contribution is -2.52. The van der Waals surface area contributed by atoms with Gasteiger partial charge in [0.05, 0.1) is 0 Å². The first-order valence-corrected chi connectivity index (χ1v) is 5.61. The summed E-state index contributed by atoms with van der Waals surface area (Å²) in [4.78, 5) is 11.1. The van der Waals surface area contributed by atoms with Crippen molar-refractivity contribution >= 4 is 34.3 Å². The Morgan fingerprint density at radius 3 is 2.81 bits per heavy atom. The number of hydrogen-bond donors (Lipinski definition) is 2. The van der Waals surface area contributed by atoms with E-state index < -0.39 is 11.5 Å². The number of benzene rings is 1. The Balaban J connectivity index is 0.00000128. The van der Waals surface area contributed by atoms with Gasteiger partial charge in [-0.3, -0.25) is 4.79 Å². The summed E-state index contributed by atoms with van der Waals surface area (Å²) in [6.45, 7) is 0. The van der Waals surface area contributed by atoms with Gasteiger partial charge in [0.2, 0.25) is 0 Å². The number of fused-ring (bicyclic) bond motifs is 1. The maximum absolute atomic E-state index is 11.1. The van der Waals surface area contributed by atoms with Crippen molar-refractivity contribution in [2.75, 3.05) is 0 Å². The van der Waals surface area contributed by atoms with Crippen LogP contribution >= 0.6 is 28.3 Å². The molecular weight excluding hydrogens is 293 g/mol. The Morgan fingerprint density at radius 2 is 2.19 bits per heavy atom. The summed E-state index contributed by atoms with van der Waals surface area (Å²) in [5.41, 5.74) is 7.00. The fraction of sp³-hybridized carbons (Fsp3) is 0.364. The van der Waals surface area contributed by atoms with Gasteiger partial charge in [-0.05, 0) is 30.0 Å². The summed E-state index contributed by atoms with van der Waals surface area (Å²) in [5, 5.41) is 9.07. The molecule has 1 atom stereocenters. The minimum atomic E-state index is -1.10. The van der Waals surface area contributed by atoms with Crippen LogP contribution in [0.1, 0.15) is 17.5 Å². The van der Waals surface area contributed by atoms with Crippen molar-refractivity contribution in [2.45, 2.75) is 24.8 Å². The molecule has 0 spiro atoms. The van der Waals surface area contributed by atoms with Crippen LogP contribution < -0.4 is 5.73 Å². The molecule has 1 aliphatic carbocycles. The second-order valence-electron chi connectivity index (χ2n) is 4.02. The highest BCUT2D eigenvalue weighted by Gasteiger charge is 2.38. The van der Waals surface area contributed by atoms with E-state index in [1.807, 2.05) is 18.2 Å². The van der Waals surface area contributed by atoms with Gasteiger partial charge in [0, 0.05) is 10.9 Å². The minimum absolute atomic E-state index is 0. The number of nitrogens with two attached hydrogens (primary N) is 1. The number of aliphatic carboxylic acids is 1. The van der Waals surface area contributed by atoms with E-state index in [0.717, 1.165) is 16.5 Å². The minimum Gasteiger partial charge on any atom is -0.480 e. The van der Waals surface area contributed by atoms with E-state index in [1.165, 1.54) is 5.56 Å². The summed E-state index contributed by atoms with van der Waals surface area (Å²) < 4.78 is 0.954. The highest BCUT2D eigenvalue weighted by molar-refractivity contribution is 9.10. The SMILES string of the molecule is Cl.NC1(C(=O)O)CCc2cccc(Br)c2C1. The summed E-state index contributed by atoms with van der Waals surface area (Å²) in [6, 6.07) is 5.92. The molecule has 0 saturated heterocycles. The van der Waals surface area contributed by atoms with Crippen molar-refractivity contribution in [3.8, 4) is 0 Å². The molecule has 5 heteroatoms.